The van der Waals surface area contributed by atoms with Gasteiger partial charge in [0.2, 0.25) is 0 Å². The van der Waals surface area contributed by atoms with E-state index in [0.29, 0.717) is 28.6 Å². The number of rotatable bonds is 6. The van der Waals surface area contributed by atoms with Gasteiger partial charge in [-0.3, -0.25) is 0 Å². The molecule has 1 aromatic carbocycles. The zero-order chi connectivity index (χ0) is 14.4. The third kappa shape index (κ3) is 4.01. The van der Waals surface area contributed by atoms with Gasteiger partial charge in [0.15, 0.2) is 0 Å². The highest BCUT2D eigenvalue weighted by Crippen LogP contribution is 2.30. The lowest BCUT2D eigenvalue weighted by Crippen LogP contribution is -2.25. The van der Waals surface area contributed by atoms with Gasteiger partial charge in [0.05, 0.1) is 30.0 Å². The summed E-state index contributed by atoms with van der Waals surface area (Å²) in [5.41, 5.74) is 6.95. The predicted molar refractivity (Wildman–Crippen MR) is 76.8 cm³/mol. The van der Waals surface area contributed by atoms with E-state index in [2.05, 4.69) is 5.32 Å². The summed E-state index contributed by atoms with van der Waals surface area (Å²) in [6, 6.07) is 3.18. The van der Waals surface area contributed by atoms with E-state index in [9.17, 15) is 4.79 Å². The summed E-state index contributed by atoms with van der Waals surface area (Å²) < 4.78 is 9.85. The summed E-state index contributed by atoms with van der Waals surface area (Å²) in [5.74, 6) is -0.482. The number of carbonyl (C=O) groups is 1. The predicted octanol–water partition coefficient (Wildman–Crippen LogP) is 2.55. The smallest absolute Gasteiger partial charge is 0.340 e. The molecule has 0 amide bonds. The average molecular weight is 287 g/mol. The van der Waals surface area contributed by atoms with Crippen LogP contribution < -0.4 is 11.1 Å². The molecule has 3 N–H and O–H groups in total. The van der Waals surface area contributed by atoms with Crippen LogP contribution in [0.5, 0.6) is 0 Å². The molecule has 0 saturated heterocycles. The van der Waals surface area contributed by atoms with Gasteiger partial charge in [0.25, 0.3) is 0 Å². The highest BCUT2D eigenvalue weighted by molar-refractivity contribution is 6.34. The van der Waals surface area contributed by atoms with Gasteiger partial charge in [-0.05, 0) is 18.6 Å². The summed E-state index contributed by atoms with van der Waals surface area (Å²) in [6.45, 7) is 2.53. The van der Waals surface area contributed by atoms with Crippen molar-refractivity contribution >= 4 is 28.9 Å². The van der Waals surface area contributed by atoms with E-state index < -0.39 is 5.97 Å². The van der Waals surface area contributed by atoms with Gasteiger partial charge < -0.3 is 20.5 Å². The second-order valence-corrected chi connectivity index (χ2v) is 4.53. The molecule has 0 radical (unpaired) electrons. The first kappa shape index (κ1) is 15.6. The van der Waals surface area contributed by atoms with Crippen molar-refractivity contribution < 1.29 is 14.3 Å². The van der Waals surface area contributed by atoms with Crippen molar-refractivity contribution in [3.63, 3.8) is 0 Å². The summed E-state index contributed by atoms with van der Waals surface area (Å²) in [4.78, 5) is 11.8. The van der Waals surface area contributed by atoms with E-state index in [0.717, 1.165) is 6.42 Å². The zero-order valence-corrected chi connectivity index (χ0v) is 12.1. The molecule has 0 fully saturated rings. The second-order valence-electron chi connectivity index (χ2n) is 4.12. The lowest BCUT2D eigenvalue weighted by atomic mass is 10.1. The van der Waals surface area contributed by atoms with Gasteiger partial charge in [-0.1, -0.05) is 18.5 Å². The van der Waals surface area contributed by atoms with E-state index in [4.69, 9.17) is 26.8 Å². The first-order valence-electron chi connectivity index (χ1n) is 5.96. The van der Waals surface area contributed by atoms with Gasteiger partial charge >= 0.3 is 5.97 Å². The number of nitrogens with two attached hydrogens (primary N) is 1. The maximum absolute atomic E-state index is 11.8. The molecule has 1 rings (SSSR count). The fraction of sp³-hybridized carbons (Fsp3) is 0.462. The third-order valence-electron chi connectivity index (χ3n) is 2.73. The molecule has 0 aliphatic rings. The number of halogens is 1. The maximum Gasteiger partial charge on any atom is 0.340 e. The molecule has 106 valence electrons. The highest BCUT2D eigenvalue weighted by Gasteiger charge is 2.18. The van der Waals surface area contributed by atoms with Crippen LogP contribution in [0.3, 0.4) is 0 Å². The number of nitrogens with one attached hydrogen (secondary N) is 1. The number of esters is 1. The normalized spacial score (nSPS) is 12.0. The number of methoxy groups -OCH3 is 2. The van der Waals surface area contributed by atoms with E-state index >= 15 is 0 Å². The number of nitrogen functional groups attached to an aromatic ring is 1. The molecule has 0 aliphatic carbocycles. The number of hydrogen-bond acceptors (Lipinski definition) is 5. The summed E-state index contributed by atoms with van der Waals surface area (Å²) in [7, 11) is 2.94. The molecular weight excluding hydrogens is 268 g/mol. The Hall–Kier alpha value is -1.46. The van der Waals surface area contributed by atoms with Crippen LogP contribution in [0, 0.1) is 0 Å². The molecule has 0 aliphatic heterocycles. The van der Waals surface area contributed by atoms with Crippen LogP contribution in [0.2, 0.25) is 5.02 Å². The van der Waals surface area contributed by atoms with Crippen molar-refractivity contribution in [1.82, 2.24) is 0 Å². The second kappa shape index (κ2) is 7.21. The quantitative estimate of drug-likeness (QED) is 0.621. The summed E-state index contributed by atoms with van der Waals surface area (Å²) in [6.07, 6.45) is 0.829. The van der Waals surface area contributed by atoms with Crippen LogP contribution in [-0.2, 0) is 9.47 Å². The van der Waals surface area contributed by atoms with Crippen molar-refractivity contribution in [3.8, 4) is 0 Å². The molecule has 5 nitrogen and oxygen atoms in total. The van der Waals surface area contributed by atoms with Crippen molar-refractivity contribution in [1.29, 1.82) is 0 Å². The molecule has 0 aromatic heterocycles. The lowest BCUT2D eigenvalue weighted by molar-refractivity contribution is 0.0601. The van der Waals surface area contributed by atoms with Crippen LogP contribution in [0.4, 0.5) is 11.4 Å². The van der Waals surface area contributed by atoms with Crippen molar-refractivity contribution in [3.05, 3.63) is 22.7 Å². The van der Waals surface area contributed by atoms with E-state index in [1.54, 1.807) is 19.2 Å². The SMILES string of the molecule is CCC(COC)Nc1c(Cl)cc(N)cc1C(=O)OC. The van der Waals surface area contributed by atoms with Crippen molar-refractivity contribution in [2.24, 2.45) is 0 Å². The molecule has 6 heteroatoms. The Bertz CT molecular complexity index is 452. The monoisotopic (exact) mass is 286 g/mol. The first-order valence-corrected chi connectivity index (χ1v) is 6.34. The number of anilines is 2. The minimum atomic E-state index is -0.482. The molecule has 19 heavy (non-hydrogen) atoms. The minimum absolute atomic E-state index is 0.0505. The Balaban J connectivity index is 3.13. The van der Waals surface area contributed by atoms with E-state index in [1.807, 2.05) is 6.92 Å². The van der Waals surface area contributed by atoms with Gasteiger partial charge in [0, 0.05) is 18.8 Å². The number of ether oxygens (including phenoxy) is 2. The van der Waals surface area contributed by atoms with E-state index in [1.165, 1.54) is 7.11 Å². The molecule has 0 saturated carbocycles. The summed E-state index contributed by atoms with van der Waals surface area (Å²) in [5, 5.41) is 3.58. The van der Waals surface area contributed by atoms with Gasteiger partial charge in [-0.25, -0.2) is 4.79 Å². The Morgan fingerprint density at radius 2 is 2.16 bits per heavy atom. The van der Waals surface area contributed by atoms with Gasteiger partial charge in [-0.2, -0.15) is 0 Å². The van der Waals surface area contributed by atoms with Crippen molar-refractivity contribution in [2.75, 3.05) is 31.9 Å². The molecule has 0 heterocycles. The van der Waals surface area contributed by atoms with Crippen LogP contribution in [0.15, 0.2) is 12.1 Å². The Labute approximate surface area is 118 Å². The molecule has 1 unspecified atom stereocenters. The molecule has 1 atom stereocenters. The molecule has 1 aromatic rings. The Morgan fingerprint density at radius 1 is 1.47 bits per heavy atom. The largest absolute Gasteiger partial charge is 0.465 e. The minimum Gasteiger partial charge on any atom is -0.465 e. The van der Waals surface area contributed by atoms with Crippen LogP contribution in [-0.4, -0.2) is 32.8 Å². The van der Waals surface area contributed by atoms with Gasteiger partial charge in [-0.15, -0.1) is 0 Å². The topological polar surface area (TPSA) is 73.6 Å². The standard InChI is InChI=1S/C13H19ClN2O3/c1-4-9(7-18-2)16-12-10(13(17)19-3)5-8(15)6-11(12)14/h5-6,9,16H,4,7,15H2,1-3H3. The zero-order valence-electron chi connectivity index (χ0n) is 11.3. The fourth-order valence-corrected chi connectivity index (χ4v) is 1.99. The molecule has 0 bridgehead atoms. The number of carbonyl (C=O) groups excluding carboxylic acids is 1. The molecular formula is C13H19ClN2O3. The maximum atomic E-state index is 11.8. The van der Waals surface area contributed by atoms with Crippen LogP contribution in [0.25, 0.3) is 0 Å². The highest BCUT2D eigenvalue weighted by atomic mass is 35.5. The Morgan fingerprint density at radius 3 is 2.68 bits per heavy atom. The van der Waals surface area contributed by atoms with E-state index in [-0.39, 0.29) is 6.04 Å². The number of benzene rings is 1. The van der Waals surface area contributed by atoms with Gasteiger partial charge in [0.1, 0.15) is 0 Å². The summed E-state index contributed by atoms with van der Waals surface area (Å²) >= 11 is 6.15. The number of hydrogen-bond donors (Lipinski definition) is 2. The molecule has 0 spiro atoms. The van der Waals surface area contributed by atoms with Crippen LogP contribution >= 0.6 is 11.6 Å². The fourth-order valence-electron chi connectivity index (χ4n) is 1.71. The lowest BCUT2D eigenvalue weighted by Gasteiger charge is -2.20. The third-order valence-corrected chi connectivity index (χ3v) is 3.03. The first-order chi connectivity index (χ1) is 9.03. The Kier molecular flexibility index (Phi) is 5.92. The van der Waals surface area contributed by atoms with Crippen molar-refractivity contribution in [2.45, 2.75) is 19.4 Å². The van der Waals surface area contributed by atoms with Crippen LogP contribution in [0.1, 0.15) is 23.7 Å². The average Bonchev–Trinajstić information content (AvgIpc) is 2.39.